The van der Waals surface area contributed by atoms with Crippen molar-refractivity contribution in [1.82, 2.24) is 0 Å². The first kappa shape index (κ1) is 14.4. The highest BCUT2D eigenvalue weighted by atomic mass is 35.5. The number of methoxy groups -OCH3 is 2. The molecule has 6 heteroatoms. The molecule has 22 heavy (non-hydrogen) atoms. The van der Waals surface area contributed by atoms with Crippen LogP contribution in [0.2, 0.25) is 5.02 Å². The second-order valence-electron chi connectivity index (χ2n) is 4.73. The highest BCUT2D eigenvalue weighted by Gasteiger charge is 2.37. The van der Waals surface area contributed by atoms with Crippen LogP contribution < -0.4 is 9.47 Å². The molecule has 1 heterocycles. The standard InChI is InChI=1S/C16H12ClNO4/c1-21-11-5-9(6-12(8-11)22-2)15-16(19)13-4-3-10(17)7-14(13)18(15)20/h3-8H,1-2H3. The Morgan fingerprint density at radius 1 is 1.05 bits per heavy atom. The third-order valence-corrected chi connectivity index (χ3v) is 3.70. The van der Waals surface area contributed by atoms with Crippen molar-refractivity contribution in [3.8, 4) is 11.5 Å². The summed E-state index contributed by atoms with van der Waals surface area (Å²) in [6.45, 7) is 0. The molecule has 0 aliphatic carbocycles. The van der Waals surface area contributed by atoms with Gasteiger partial charge in [0.2, 0.25) is 5.69 Å². The van der Waals surface area contributed by atoms with Gasteiger partial charge in [-0.1, -0.05) is 11.6 Å². The van der Waals surface area contributed by atoms with Crippen molar-refractivity contribution in [2.75, 3.05) is 14.2 Å². The highest BCUT2D eigenvalue weighted by molar-refractivity contribution is 6.52. The quantitative estimate of drug-likeness (QED) is 0.644. The number of benzene rings is 2. The first-order chi connectivity index (χ1) is 10.5. The highest BCUT2D eigenvalue weighted by Crippen LogP contribution is 2.32. The van der Waals surface area contributed by atoms with E-state index in [9.17, 15) is 10.0 Å². The van der Waals surface area contributed by atoms with Gasteiger partial charge in [0.15, 0.2) is 0 Å². The number of rotatable bonds is 3. The van der Waals surface area contributed by atoms with Gasteiger partial charge < -0.3 is 14.7 Å². The molecular weight excluding hydrogens is 306 g/mol. The van der Waals surface area contributed by atoms with Crippen LogP contribution >= 0.6 is 11.6 Å². The maximum absolute atomic E-state index is 12.5. The molecule has 0 saturated heterocycles. The lowest BCUT2D eigenvalue weighted by Gasteiger charge is -2.07. The molecule has 0 bridgehead atoms. The van der Waals surface area contributed by atoms with Crippen LogP contribution in [-0.2, 0) is 0 Å². The van der Waals surface area contributed by atoms with Crippen molar-refractivity contribution in [3.63, 3.8) is 0 Å². The molecule has 0 radical (unpaired) electrons. The molecule has 0 fully saturated rings. The van der Waals surface area contributed by atoms with Gasteiger partial charge in [-0.15, -0.1) is 0 Å². The maximum Gasteiger partial charge on any atom is 0.273 e. The maximum atomic E-state index is 12.5. The number of carbonyl (C=O) groups excluding carboxylic acids is 1. The molecule has 0 amide bonds. The number of fused-ring (bicyclic) bond motifs is 1. The third-order valence-electron chi connectivity index (χ3n) is 3.47. The van der Waals surface area contributed by atoms with E-state index in [0.29, 0.717) is 32.4 Å². The zero-order valence-electron chi connectivity index (χ0n) is 11.9. The van der Waals surface area contributed by atoms with Gasteiger partial charge in [-0.3, -0.25) is 4.79 Å². The zero-order valence-corrected chi connectivity index (χ0v) is 12.7. The number of hydrogen-bond acceptors (Lipinski definition) is 4. The van der Waals surface area contributed by atoms with Crippen molar-refractivity contribution in [3.05, 3.63) is 57.8 Å². The molecule has 0 unspecified atom stereocenters. The van der Waals surface area contributed by atoms with Crippen molar-refractivity contribution < 1.29 is 19.0 Å². The summed E-state index contributed by atoms with van der Waals surface area (Å²) in [6, 6.07) is 9.52. The number of carbonyl (C=O) groups is 1. The van der Waals surface area contributed by atoms with E-state index >= 15 is 0 Å². The number of Topliss-reactive ketones (excluding diaryl/α,β-unsaturated/α-hetero) is 1. The van der Waals surface area contributed by atoms with E-state index in [1.54, 1.807) is 30.3 Å². The number of hydrogen-bond donors (Lipinski definition) is 0. The minimum Gasteiger partial charge on any atom is -0.618 e. The van der Waals surface area contributed by atoms with Crippen LogP contribution in [0.3, 0.4) is 0 Å². The lowest BCUT2D eigenvalue weighted by Crippen LogP contribution is -2.16. The summed E-state index contributed by atoms with van der Waals surface area (Å²) in [6.07, 6.45) is 0. The van der Waals surface area contributed by atoms with Crippen LogP contribution in [0.5, 0.6) is 11.5 Å². The SMILES string of the molecule is COc1cc(OC)cc(C2=[N+]([O-])c3cc(Cl)ccc3C2=O)c1. The second-order valence-corrected chi connectivity index (χ2v) is 5.17. The third kappa shape index (κ3) is 2.19. The number of ketones is 1. The summed E-state index contributed by atoms with van der Waals surface area (Å²) in [4.78, 5) is 12.5. The summed E-state index contributed by atoms with van der Waals surface area (Å²) in [7, 11) is 3.01. The van der Waals surface area contributed by atoms with Crippen molar-refractivity contribution in [1.29, 1.82) is 0 Å². The fourth-order valence-corrected chi connectivity index (χ4v) is 2.56. The Labute approximate surface area is 131 Å². The van der Waals surface area contributed by atoms with E-state index in [1.165, 1.54) is 20.3 Å². The lowest BCUT2D eigenvalue weighted by molar-refractivity contribution is -0.355. The minimum absolute atomic E-state index is 0.0227. The number of halogens is 1. The molecule has 0 saturated carbocycles. The molecule has 5 nitrogen and oxygen atoms in total. The van der Waals surface area contributed by atoms with Gasteiger partial charge in [-0.25, -0.2) is 0 Å². The Morgan fingerprint density at radius 3 is 2.27 bits per heavy atom. The van der Waals surface area contributed by atoms with E-state index in [1.807, 2.05) is 0 Å². The minimum atomic E-state index is -0.350. The Kier molecular flexibility index (Phi) is 3.50. The molecule has 112 valence electrons. The molecule has 3 rings (SSSR count). The predicted molar refractivity (Wildman–Crippen MR) is 82.7 cm³/mol. The van der Waals surface area contributed by atoms with E-state index < -0.39 is 0 Å². The van der Waals surface area contributed by atoms with Crippen molar-refractivity contribution in [2.45, 2.75) is 0 Å². The molecule has 0 aromatic heterocycles. The van der Waals surface area contributed by atoms with Gasteiger partial charge in [0.05, 0.1) is 19.8 Å². The fraction of sp³-hybridized carbons (Fsp3) is 0.125. The van der Waals surface area contributed by atoms with Crippen LogP contribution in [0, 0.1) is 5.21 Å². The van der Waals surface area contributed by atoms with E-state index in [4.69, 9.17) is 21.1 Å². The fourth-order valence-electron chi connectivity index (χ4n) is 2.40. The molecule has 2 aromatic rings. The molecule has 1 aliphatic heterocycles. The summed E-state index contributed by atoms with van der Waals surface area (Å²) in [5.74, 6) is 0.644. The van der Waals surface area contributed by atoms with Crippen molar-refractivity contribution in [2.24, 2.45) is 0 Å². The van der Waals surface area contributed by atoms with Crippen LogP contribution in [-0.4, -0.2) is 30.5 Å². The van der Waals surface area contributed by atoms with Gasteiger partial charge in [0, 0.05) is 17.2 Å². The van der Waals surface area contributed by atoms with E-state index in [-0.39, 0.29) is 17.2 Å². The predicted octanol–water partition coefficient (Wildman–Crippen LogP) is 3.18. The van der Waals surface area contributed by atoms with Gasteiger partial charge in [-0.05, 0) is 24.3 Å². The summed E-state index contributed by atoms with van der Waals surface area (Å²) >= 11 is 5.90. The first-order valence-corrected chi connectivity index (χ1v) is 6.85. The number of nitrogens with zero attached hydrogens (tertiary/aromatic N) is 1. The molecule has 0 N–H and O–H groups in total. The van der Waals surface area contributed by atoms with E-state index in [0.717, 1.165) is 0 Å². The van der Waals surface area contributed by atoms with E-state index in [2.05, 4.69) is 0 Å². The van der Waals surface area contributed by atoms with Crippen molar-refractivity contribution >= 4 is 28.8 Å². The lowest BCUT2D eigenvalue weighted by atomic mass is 10.0. The average molecular weight is 318 g/mol. The molecule has 1 aliphatic rings. The summed E-state index contributed by atoms with van der Waals surface area (Å²) in [5.41, 5.74) is 1.03. The molecule has 2 aromatic carbocycles. The van der Waals surface area contributed by atoms with Crippen LogP contribution in [0.15, 0.2) is 36.4 Å². The van der Waals surface area contributed by atoms with Crippen LogP contribution in [0.4, 0.5) is 5.69 Å². The van der Waals surface area contributed by atoms with Gasteiger partial charge in [0.1, 0.15) is 17.1 Å². The van der Waals surface area contributed by atoms with Gasteiger partial charge in [0.25, 0.3) is 11.5 Å². The number of ether oxygens (including phenoxy) is 2. The first-order valence-electron chi connectivity index (χ1n) is 6.47. The van der Waals surface area contributed by atoms with Crippen LogP contribution in [0.1, 0.15) is 15.9 Å². The van der Waals surface area contributed by atoms with Gasteiger partial charge >= 0.3 is 0 Å². The average Bonchev–Trinajstić information content (AvgIpc) is 2.77. The second kappa shape index (κ2) is 5.35. The molecular formula is C16H12ClNO4. The topological polar surface area (TPSA) is 61.6 Å². The molecule has 0 spiro atoms. The molecule has 0 atom stereocenters. The Bertz CT molecular complexity index is 792. The summed E-state index contributed by atoms with van der Waals surface area (Å²) in [5, 5.41) is 12.9. The largest absolute Gasteiger partial charge is 0.618 e. The van der Waals surface area contributed by atoms with Crippen LogP contribution in [0.25, 0.3) is 0 Å². The zero-order chi connectivity index (χ0) is 15.9. The monoisotopic (exact) mass is 317 g/mol. The Balaban J connectivity index is 2.19. The smallest absolute Gasteiger partial charge is 0.273 e. The Morgan fingerprint density at radius 2 is 1.68 bits per heavy atom. The Hall–Kier alpha value is -2.53. The normalized spacial score (nSPS) is 13.3. The summed E-state index contributed by atoms with van der Waals surface area (Å²) < 4.78 is 10.9. The van der Waals surface area contributed by atoms with Gasteiger partial charge in [-0.2, -0.15) is 4.74 Å².